The molecule has 0 N–H and O–H groups in total. The lowest BCUT2D eigenvalue weighted by Crippen LogP contribution is -1.82. The van der Waals surface area contributed by atoms with Crippen LogP contribution < -0.4 is 0 Å². The second kappa shape index (κ2) is 5.21. The van der Waals surface area contributed by atoms with Crippen molar-refractivity contribution in [2.45, 2.75) is 0 Å². The van der Waals surface area contributed by atoms with E-state index in [0.717, 1.165) is 4.88 Å². The molecule has 0 aliphatic heterocycles. The Labute approximate surface area is 122 Å². The number of nitrogens with zero attached hydrogens (tertiary/aromatic N) is 1. The van der Waals surface area contributed by atoms with Crippen molar-refractivity contribution in [1.82, 2.24) is 4.98 Å². The van der Waals surface area contributed by atoms with Crippen molar-refractivity contribution >= 4 is 33.1 Å². The topological polar surface area (TPSA) is 12.9 Å². The van der Waals surface area contributed by atoms with Gasteiger partial charge in [0, 0.05) is 15.7 Å². The van der Waals surface area contributed by atoms with Gasteiger partial charge >= 0.3 is 0 Å². The predicted octanol–water partition coefficient (Wildman–Crippen LogP) is 5.02. The summed E-state index contributed by atoms with van der Waals surface area (Å²) in [4.78, 5) is 4.96. The van der Waals surface area contributed by atoms with Gasteiger partial charge < -0.3 is 0 Å². The summed E-state index contributed by atoms with van der Waals surface area (Å²) < 4.78 is 31.9. The van der Waals surface area contributed by atoms with E-state index in [4.69, 9.17) is 5.48 Å². The van der Waals surface area contributed by atoms with Crippen LogP contribution in [0.4, 0.5) is 0 Å². The van der Waals surface area contributed by atoms with Gasteiger partial charge in [-0.2, -0.15) is 0 Å². The lowest BCUT2D eigenvalue weighted by atomic mass is 10.2. The quantitative estimate of drug-likeness (QED) is 0.607. The van der Waals surface area contributed by atoms with Crippen LogP contribution in [0.5, 0.6) is 0 Å². The van der Waals surface area contributed by atoms with Crippen molar-refractivity contribution < 1.29 is 5.48 Å². The molecule has 1 nitrogen and oxygen atoms in total. The molecular weight excluding hydrogens is 250 g/mol. The molecule has 0 spiro atoms. The molecule has 0 radical (unpaired) electrons. The highest BCUT2D eigenvalue weighted by molar-refractivity contribution is 7.19. The van der Waals surface area contributed by atoms with Crippen LogP contribution in [0.25, 0.3) is 21.7 Å². The van der Waals surface area contributed by atoms with Gasteiger partial charge in [0.25, 0.3) is 0 Å². The van der Waals surface area contributed by atoms with Crippen molar-refractivity contribution in [1.29, 1.82) is 0 Å². The third-order valence-corrected chi connectivity index (χ3v) is 3.75. The van der Waals surface area contributed by atoms with Crippen LogP contribution in [0.15, 0.2) is 67.3 Å². The summed E-state index contributed by atoms with van der Waals surface area (Å²) >= 11 is 1.65. The van der Waals surface area contributed by atoms with Gasteiger partial charge in [-0.05, 0) is 41.3 Å². The van der Waals surface area contributed by atoms with Crippen LogP contribution in [0.1, 0.15) is 16.1 Å². The molecule has 2 aromatic heterocycles. The summed E-state index contributed by atoms with van der Waals surface area (Å²) in [5, 5.41) is 1.17. The lowest BCUT2D eigenvalue weighted by Gasteiger charge is -1.97. The van der Waals surface area contributed by atoms with Crippen LogP contribution in [-0.2, 0) is 0 Å². The molecular formula is C17H13NS. The van der Waals surface area contributed by atoms with E-state index in [1.807, 2.05) is 24.3 Å². The Morgan fingerprint density at radius 2 is 2.21 bits per heavy atom. The van der Waals surface area contributed by atoms with Gasteiger partial charge in [0.15, 0.2) is 0 Å². The lowest BCUT2D eigenvalue weighted by molar-refractivity contribution is 1.28. The number of pyridine rings is 1. The summed E-state index contributed by atoms with van der Waals surface area (Å²) in [6.07, 6.45) is 3.31. The van der Waals surface area contributed by atoms with Crippen LogP contribution in [0, 0.1) is 0 Å². The first kappa shape index (κ1) is 8.08. The molecule has 3 aromatic rings. The average molecular weight is 267 g/mol. The number of aromatic nitrogens is 1. The fourth-order valence-electron chi connectivity index (χ4n) is 1.73. The fraction of sp³-hybridized carbons (Fsp3) is 0. The molecule has 0 bridgehead atoms. The maximum atomic E-state index is 7.89. The van der Waals surface area contributed by atoms with Crippen LogP contribution in [0.3, 0.4) is 0 Å². The minimum absolute atomic E-state index is 0.169. The van der Waals surface area contributed by atoms with E-state index in [-0.39, 0.29) is 30.0 Å². The zero-order valence-corrected chi connectivity index (χ0v) is 10.9. The smallest absolute Gasteiger partial charge is 0.0840 e. The van der Waals surface area contributed by atoms with E-state index in [1.54, 1.807) is 17.4 Å². The van der Waals surface area contributed by atoms with Gasteiger partial charge in [0.2, 0.25) is 0 Å². The number of benzene rings is 1. The minimum Gasteiger partial charge on any atom is -0.256 e. The first-order chi connectivity index (χ1) is 11.0. The Morgan fingerprint density at radius 1 is 1.32 bits per heavy atom. The van der Waals surface area contributed by atoms with Crippen molar-refractivity contribution in [2.75, 3.05) is 0 Å². The number of rotatable bonds is 3. The number of hydrogen-bond donors (Lipinski definition) is 0. The van der Waals surface area contributed by atoms with Crippen LogP contribution in [0.2, 0.25) is 0 Å². The third kappa shape index (κ3) is 2.64. The first-order valence-electron chi connectivity index (χ1n) is 7.77. The van der Waals surface area contributed by atoms with E-state index in [1.165, 1.54) is 10.1 Å². The molecule has 0 atom stereocenters. The molecule has 0 saturated carbocycles. The molecule has 0 unspecified atom stereocenters. The van der Waals surface area contributed by atoms with Crippen LogP contribution in [-0.4, -0.2) is 4.98 Å². The van der Waals surface area contributed by atoms with Gasteiger partial charge in [0.1, 0.15) is 0 Å². The molecule has 92 valence electrons. The van der Waals surface area contributed by atoms with Gasteiger partial charge in [-0.1, -0.05) is 36.9 Å². The standard InChI is InChI=1S/C17H13NS/c1-13(16-7-4-5-11-18-16)9-10-15-12-14-6-2-3-8-17(14)19-15/h2-12H,1H2/i4D,5D,7D,11D. The summed E-state index contributed by atoms with van der Waals surface area (Å²) in [5.74, 6) is 0. The molecule has 0 aliphatic carbocycles. The first-order valence-corrected chi connectivity index (χ1v) is 6.59. The van der Waals surface area contributed by atoms with Crippen molar-refractivity contribution in [2.24, 2.45) is 0 Å². The van der Waals surface area contributed by atoms with E-state index in [0.29, 0.717) is 5.57 Å². The van der Waals surface area contributed by atoms with Gasteiger partial charge in [-0.3, -0.25) is 4.98 Å². The number of fused-ring (bicyclic) bond motifs is 1. The normalized spacial score (nSPS) is 14.1. The fourth-order valence-corrected chi connectivity index (χ4v) is 2.70. The van der Waals surface area contributed by atoms with Gasteiger partial charge in [0.05, 0.1) is 11.2 Å². The molecule has 2 heterocycles. The summed E-state index contributed by atoms with van der Waals surface area (Å²) in [6, 6.07) is 9.36. The third-order valence-electron chi connectivity index (χ3n) is 2.66. The maximum Gasteiger partial charge on any atom is 0.0840 e. The van der Waals surface area contributed by atoms with E-state index < -0.39 is 0 Å². The molecule has 19 heavy (non-hydrogen) atoms. The van der Waals surface area contributed by atoms with E-state index in [2.05, 4.69) is 23.7 Å². The Bertz CT molecular complexity index is 910. The Hall–Kier alpha value is -2.19. The predicted molar refractivity (Wildman–Crippen MR) is 84.1 cm³/mol. The second-order valence-corrected chi connectivity index (χ2v) is 5.11. The van der Waals surface area contributed by atoms with Crippen molar-refractivity contribution in [3.63, 3.8) is 0 Å². The average Bonchev–Trinajstić information content (AvgIpc) is 2.97. The maximum absolute atomic E-state index is 7.89. The number of allylic oxidation sites excluding steroid dienone is 2. The van der Waals surface area contributed by atoms with E-state index >= 15 is 0 Å². The monoisotopic (exact) mass is 267 g/mol. The highest BCUT2D eigenvalue weighted by atomic mass is 32.1. The number of hydrogen-bond acceptors (Lipinski definition) is 2. The molecule has 0 aliphatic rings. The Morgan fingerprint density at radius 3 is 3.11 bits per heavy atom. The van der Waals surface area contributed by atoms with Crippen molar-refractivity contribution in [3.05, 3.63) is 77.9 Å². The van der Waals surface area contributed by atoms with Gasteiger partial charge in [-0.25, -0.2) is 0 Å². The second-order valence-electron chi connectivity index (χ2n) is 3.99. The molecule has 1 aromatic carbocycles. The van der Waals surface area contributed by atoms with E-state index in [9.17, 15) is 0 Å². The molecule has 3 rings (SSSR count). The molecule has 0 amide bonds. The highest BCUT2D eigenvalue weighted by Gasteiger charge is 1.99. The minimum atomic E-state index is -0.333. The molecule has 0 fully saturated rings. The number of thiophene rings is 1. The molecule has 0 saturated heterocycles. The Balaban J connectivity index is 1.92. The summed E-state index contributed by atoms with van der Waals surface area (Å²) in [7, 11) is 0. The SMILES string of the molecule is [2H]c1nc(C(=C)C=Cc2cc3ccccc3s2)c([2H])c([2H])c1[2H]. The summed E-state index contributed by atoms with van der Waals surface area (Å²) in [5.41, 5.74) is 0.628. The zero-order valence-electron chi connectivity index (χ0n) is 14.1. The van der Waals surface area contributed by atoms with Gasteiger partial charge in [-0.15, -0.1) is 11.3 Å². The largest absolute Gasteiger partial charge is 0.256 e. The zero-order chi connectivity index (χ0) is 16.6. The highest BCUT2D eigenvalue weighted by Crippen LogP contribution is 2.26. The molecule has 2 heteroatoms. The van der Waals surface area contributed by atoms with Crippen molar-refractivity contribution in [3.8, 4) is 0 Å². The Kier molecular flexibility index (Phi) is 2.21. The van der Waals surface area contributed by atoms with Crippen LogP contribution >= 0.6 is 11.3 Å². The summed E-state index contributed by atoms with van der Waals surface area (Å²) in [6.45, 7) is 3.87.